The smallest absolute Gasteiger partial charge is 0.297 e. The van der Waals surface area contributed by atoms with Crippen molar-refractivity contribution in [2.75, 3.05) is 26.2 Å². The average Bonchev–Trinajstić information content (AvgIpc) is 3.31. The van der Waals surface area contributed by atoms with Gasteiger partial charge in [0.05, 0.1) is 23.6 Å². The van der Waals surface area contributed by atoms with Crippen LogP contribution in [0.25, 0.3) is 33.4 Å². The molecule has 1 saturated carbocycles. The van der Waals surface area contributed by atoms with E-state index in [1.807, 2.05) is 12.3 Å². The molecule has 186 valence electrons. The van der Waals surface area contributed by atoms with Gasteiger partial charge in [0.1, 0.15) is 5.69 Å². The van der Waals surface area contributed by atoms with Crippen LogP contribution in [0.1, 0.15) is 30.7 Å². The Bertz CT molecular complexity index is 1560. The molecule has 2 aliphatic rings. The summed E-state index contributed by atoms with van der Waals surface area (Å²) in [6.45, 7) is 4.87. The molecule has 7 nitrogen and oxygen atoms in total. The fourth-order valence-electron chi connectivity index (χ4n) is 5.69. The molecule has 0 spiro atoms. The topological polar surface area (TPSA) is 76.1 Å². The summed E-state index contributed by atoms with van der Waals surface area (Å²) < 4.78 is 4.33. The summed E-state index contributed by atoms with van der Waals surface area (Å²) in [4.78, 5) is 7.31. The van der Waals surface area contributed by atoms with Crippen LogP contribution >= 0.6 is 0 Å². The maximum absolute atomic E-state index is 6.61. The zero-order valence-corrected chi connectivity index (χ0v) is 21.0. The Morgan fingerprint density at radius 3 is 2.46 bits per heavy atom. The molecule has 0 bridgehead atoms. The lowest BCUT2D eigenvalue weighted by Gasteiger charge is -2.38. The van der Waals surface area contributed by atoms with Crippen LogP contribution in [-0.4, -0.2) is 45.8 Å². The Hall–Kier alpha value is -3.65. The van der Waals surface area contributed by atoms with Gasteiger partial charge in [0.2, 0.25) is 0 Å². The Labute approximate surface area is 216 Å². The summed E-state index contributed by atoms with van der Waals surface area (Å²) in [7, 11) is 0. The first-order valence-corrected chi connectivity index (χ1v) is 13.3. The molecule has 0 amide bonds. The zero-order chi connectivity index (χ0) is 24.8. The van der Waals surface area contributed by atoms with E-state index in [4.69, 9.17) is 15.8 Å². The molecular formula is C30H32N7+. The molecule has 37 heavy (non-hydrogen) atoms. The van der Waals surface area contributed by atoms with Crippen molar-refractivity contribution in [3.8, 4) is 16.8 Å². The minimum atomic E-state index is -0.172. The van der Waals surface area contributed by atoms with E-state index < -0.39 is 0 Å². The summed E-state index contributed by atoms with van der Waals surface area (Å²) in [5, 5.41) is 9.72. The molecule has 1 aliphatic heterocycles. The van der Waals surface area contributed by atoms with Gasteiger partial charge < -0.3 is 11.1 Å². The van der Waals surface area contributed by atoms with Crippen molar-refractivity contribution in [2.24, 2.45) is 5.73 Å². The highest BCUT2D eigenvalue weighted by atomic mass is 15.4. The van der Waals surface area contributed by atoms with Gasteiger partial charge in [-0.1, -0.05) is 47.1 Å². The minimum Gasteiger partial charge on any atom is -0.321 e. The Balaban J connectivity index is 1.40. The summed E-state index contributed by atoms with van der Waals surface area (Å²) in [5.41, 5.74) is 12.9. The van der Waals surface area contributed by atoms with E-state index in [9.17, 15) is 0 Å². The van der Waals surface area contributed by atoms with E-state index in [0.29, 0.717) is 0 Å². The third-order valence-corrected chi connectivity index (χ3v) is 8.08. The monoisotopic (exact) mass is 490 g/mol. The minimum absolute atomic E-state index is 0.172. The van der Waals surface area contributed by atoms with Gasteiger partial charge in [0.15, 0.2) is 0 Å². The van der Waals surface area contributed by atoms with Crippen LogP contribution in [0.4, 0.5) is 0 Å². The molecule has 7 heteroatoms. The van der Waals surface area contributed by atoms with Gasteiger partial charge in [-0.2, -0.15) is 4.40 Å². The average molecular weight is 491 g/mol. The first-order chi connectivity index (χ1) is 18.2. The van der Waals surface area contributed by atoms with E-state index in [-0.39, 0.29) is 5.54 Å². The van der Waals surface area contributed by atoms with Gasteiger partial charge in [-0.25, -0.2) is 0 Å². The SMILES string of the molecule is NC1(c2ccc(-n3nc(CN4CCNCC4)[n+]4ccc5ncc(-c6ccccc6)cc5c34)cc2)CCC1. The molecule has 1 aliphatic carbocycles. The van der Waals surface area contributed by atoms with Crippen LogP contribution in [-0.2, 0) is 12.1 Å². The lowest BCUT2D eigenvalue weighted by atomic mass is 9.73. The number of aromatic nitrogens is 4. The van der Waals surface area contributed by atoms with Gasteiger partial charge in [0.25, 0.3) is 11.5 Å². The van der Waals surface area contributed by atoms with E-state index >= 15 is 0 Å². The summed E-state index contributed by atoms with van der Waals surface area (Å²) in [6, 6.07) is 23.5. The molecular weight excluding hydrogens is 458 g/mol. The second-order valence-corrected chi connectivity index (χ2v) is 10.4. The second-order valence-electron chi connectivity index (χ2n) is 10.4. The number of pyridine rings is 2. The van der Waals surface area contributed by atoms with E-state index in [1.165, 1.54) is 12.0 Å². The molecule has 3 N–H and O–H groups in total. The molecule has 4 heterocycles. The number of fused-ring (bicyclic) bond motifs is 3. The number of piperazine rings is 1. The first-order valence-electron chi connectivity index (χ1n) is 13.3. The molecule has 2 aromatic carbocycles. The lowest BCUT2D eigenvalue weighted by molar-refractivity contribution is -0.522. The maximum Gasteiger partial charge on any atom is 0.297 e. The molecule has 5 aromatic rings. The Morgan fingerprint density at radius 2 is 1.73 bits per heavy atom. The van der Waals surface area contributed by atoms with Crippen molar-refractivity contribution in [3.05, 3.63) is 90.5 Å². The van der Waals surface area contributed by atoms with Gasteiger partial charge in [0, 0.05) is 48.6 Å². The largest absolute Gasteiger partial charge is 0.321 e. The fraction of sp³-hybridized carbons (Fsp3) is 0.300. The quantitative estimate of drug-likeness (QED) is 0.369. The highest BCUT2D eigenvalue weighted by Gasteiger charge is 2.34. The standard InChI is InChI=1S/C30H32N7/c31-30(12-4-13-30)24-7-9-25(10-8-24)37-29-26-19-23(22-5-2-1-3-6-22)20-33-27(26)11-16-36(29)28(34-37)21-35-17-14-32-15-18-35/h1-3,5-11,16,19-20,32H,4,12-15,17-18,21,31H2/q+1. The lowest BCUT2D eigenvalue weighted by Crippen LogP contribution is -2.44. The third-order valence-electron chi connectivity index (χ3n) is 8.08. The van der Waals surface area contributed by atoms with Gasteiger partial charge in [-0.3, -0.25) is 9.88 Å². The van der Waals surface area contributed by atoms with Crippen molar-refractivity contribution < 1.29 is 4.40 Å². The third kappa shape index (κ3) is 4.00. The van der Waals surface area contributed by atoms with Crippen LogP contribution in [0.5, 0.6) is 0 Å². The number of hydrogen-bond acceptors (Lipinski definition) is 5. The van der Waals surface area contributed by atoms with E-state index in [2.05, 4.69) is 86.2 Å². The van der Waals surface area contributed by atoms with Crippen molar-refractivity contribution in [1.82, 2.24) is 25.0 Å². The second kappa shape index (κ2) is 9.03. The molecule has 0 radical (unpaired) electrons. The van der Waals surface area contributed by atoms with Crippen molar-refractivity contribution in [3.63, 3.8) is 0 Å². The summed E-state index contributed by atoms with van der Waals surface area (Å²) >= 11 is 0. The molecule has 2 fully saturated rings. The highest BCUT2D eigenvalue weighted by Crippen LogP contribution is 2.38. The molecule has 7 rings (SSSR count). The van der Waals surface area contributed by atoms with Crippen LogP contribution < -0.4 is 15.5 Å². The maximum atomic E-state index is 6.61. The number of nitrogens with one attached hydrogen (secondary N) is 1. The van der Waals surface area contributed by atoms with Gasteiger partial charge in [-0.15, -0.1) is 0 Å². The molecule has 3 aromatic heterocycles. The van der Waals surface area contributed by atoms with Crippen molar-refractivity contribution >= 4 is 16.6 Å². The number of benzene rings is 2. The number of hydrogen-bond donors (Lipinski definition) is 2. The Kier molecular flexibility index (Phi) is 5.50. The van der Waals surface area contributed by atoms with E-state index in [0.717, 1.165) is 84.8 Å². The van der Waals surface area contributed by atoms with Gasteiger partial charge >= 0.3 is 0 Å². The molecule has 0 atom stereocenters. The fourth-order valence-corrected chi connectivity index (χ4v) is 5.69. The highest BCUT2D eigenvalue weighted by molar-refractivity contribution is 5.92. The van der Waals surface area contributed by atoms with Crippen LogP contribution in [0.2, 0.25) is 0 Å². The van der Waals surface area contributed by atoms with Crippen molar-refractivity contribution in [1.29, 1.82) is 0 Å². The normalized spacial score (nSPS) is 17.8. The number of rotatable bonds is 5. The van der Waals surface area contributed by atoms with Crippen LogP contribution in [0.3, 0.4) is 0 Å². The Morgan fingerprint density at radius 1 is 0.946 bits per heavy atom. The van der Waals surface area contributed by atoms with Crippen LogP contribution in [0.15, 0.2) is 79.1 Å². The molecule has 1 saturated heterocycles. The predicted molar refractivity (Wildman–Crippen MR) is 145 cm³/mol. The summed E-state index contributed by atoms with van der Waals surface area (Å²) in [6.07, 6.45) is 7.40. The van der Waals surface area contributed by atoms with Gasteiger partial charge in [-0.05, 0) is 54.7 Å². The zero-order valence-electron chi connectivity index (χ0n) is 21.0. The van der Waals surface area contributed by atoms with Crippen LogP contribution in [0, 0.1) is 0 Å². The first kappa shape index (κ1) is 22.5. The predicted octanol–water partition coefficient (Wildman–Crippen LogP) is 3.57. The number of nitrogens with zero attached hydrogens (tertiary/aromatic N) is 5. The number of nitrogens with two attached hydrogens (primary N) is 1. The van der Waals surface area contributed by atoms with E-state index in [1.54, 1.807) is 0 Å². The summed E-state index contributed by atoms with van der Waals surface area (Å²) in [5.74, 6) is 1.03. The molecule has 0 unspecified atom stereocenters. The van der Waals surface area contributed by atoms with Crippen molar-refractivity contribution in [2.45, 2.75) is 31.3 Å².